The molecule has 4 aromatic rings. The Balaban J connectivity index is 1.36. The summed E-state index contributed by atoms with van der Waals surface area (Å²) in [7, 11) is 1.56. The van der Waals surface area contributed by atoms with E-state index < -0.39 is 5.91 Å². The van der Waals surface area contributed by atoms with Crippen LogP contribution in [0.1, 0.15) is 27.2 Å². The molecule has 1 amide bonds. The number of hydrazone groups is 1. The highest BCUT2D eigenvalue weighted by atomic mass is 35.5. The van der Waals surface area contributed by atoms with Crippen LogP contribution in [0, 0.1) is 0 Å². The number of nitrogens with one attached hydrogen (secondary N) is 1. The lowest BCUT2D eigenvalue weighted by Crippen LogP contribution is -2.18. The number of halogens is 3. The zero-order chi connectivity index (χ0) is 25.5. The van der Waals surface area contributed by atoms with Crippen molar-refractivity contribution in [2.75, 3.05) is 7.11 Å². The van der Waals surface area contributed by atoms with Crippen molar-refractivity contribution in [1.29, 1.82) is 0 Å². The fourth-order valence-corrected chi connectivity index (χ4v) is 3.69. The van der Waals surface area contributed by atoms with Crippen LogP contribution in [0.3, 0.4) is 0 Å². The number of benzene rings is 3. The van der Waals surface area contributed by atoms with E-state index in [9.17, 15) is 4.79 Å². The second-order valence-corrected chi connectivity index (χ2v) is 8.92. The van der Waals surface area contributed by atoms with Crippen LogP contribution in [0.15, 0.2) is 78.0 Å². The molecular weight excluding hydrogens is 523 g/mol. The Morgan fingerprint density at radius 2 is 1.75 bits per heavy atom. The number of nitrogens with zero attached hydrogens (tertiary/aromatic N) is 3. The molecule has 0 fully saturated rings. The van der Waals surface area contributed by atoms with Crippen LogP contribution < -0.4 is 14.9 Å². The van der Waals surface area contributed by atoms with Crippen LogP contribution in [-0.4, -0.2) is 29.0 Å². The predicted octanol–water partition coefficient (Wildman–Crippen LogP) is 6.24. The molecule has 0 aliphatic heterocycles. The highest BCUT2D eigenvalue weighted by molar-refractivity contribution is 6.42. The summed E-state index contributed by atoms with van der Waals surface area (Å²) in [6.07, 6.45) is 3.24. The number of hydrogen-bond acceptors (Lipinski definition) is 5. The van der Waals surface area contributed by atoms with Gasteiger partial charge in [-0.3, -0.25) is 9.48 Å². The summed E-state index contributed by atoms with van der Waals surface area (Å²) >= 11 is 18.0. The Labute approximate surface area is 223 Å². The maximum Gasteiger partial charge on any atom is 0.291 e. The Morgan fingerprint density at radius 3 is 2.50 bits per heavy atom. The summed E-state index contributed by atoms with van der Waals surface area (Å²) in [4.78, 5) is 12.4. The summed E-state index contributed by atoms with van der Waals surface area (Å²) in [6.45, 7) is 0.786. The Bertz CT molecular complexity index is 1390. The molecule has 7 nitrogen and oxygen atoms in total. The smallest absolute Gasteiger partial charge is 0.291 e. The number of carbonyl (C=O) groups is 1. The topological polar surface area (TPSA) is 77.7 Å². The summed E-state index contributed by atoms with van der Waals surface area (Å²) < 4.78 is 13.0. The van der Waals surface area contributed by atoms with Crippen LogP contribution in [0.2, 0.25) is 15.1 Å². The first-order chi connectivity index (χ1) is 17.4. The van der Waals surface area contributed by atoms with E-state index >= 15 is 0 Å². The van der Waals surface area contributed by atoms with Gasteiger partial charge in [0.25, 0.3) is 5.91 Å². The van der Waals surface area contributed by atoms with E-state index in [1.807, 2.05) is 30.3 Å². The lowest BCUT2D eigenvalue weighted by molar-refractivity contribution is 0.0949. The van der Waals surface area contributed by atoms with Crippen molar-refractivity contribution in [3.8, 4) is 11.5 Å². The van der Waals surface area contributed by atoms with Gasteiger partial charge in [-0.1, -0.05) is 53.0 Å². The maximum atomic E-state index is 12.4. The second kappa shape index (κ2) is 11.9. The fraction of sp³-hybridized carbons (Fsp3) is 0.115. The second-order valence-electron chi connectivity index (χ2n) is 7.67. The molecule has 1 aromatic heterocycles. The van der Waals surface area contributed by atoms with E-state index in [0.29, 0.717) is 38.7 Å². The minimum atomic E-state index is -0.425. The zero-order valence-corrected chi connectivity index (χ0v) is 21.4. The van der Waals surface area contributed by atoms with Crippen molar-refractivity contribution in [3.05, 3.63) is 110 Å². The van der Waals surface area contributed by atoms with E-state index in [1.54, 1.807) is 54.4 Å². The van der Waals surface area contributed by atoms with Gasteiger partial charge in [-0.15, -0.1) is 0 Å². The van der Waals surface area contributed by atoms with Gasteiger partial charge in [0.15, 0.2) is 17.2 Å². The predicted molar refractivity (Wildman–Crippen MR) is 142 cm³/mol. The molecule has 3 aromatic carbocycles. The lowest BCUT2D eigenvalue weighted by atomic mass is 10.2. The van der Waals surface area contributed by atoms with E-state index in [4.69, 9.17) is 44.3 Å². The number of carbonyl (C=O) groups excluding carboxylic acids is 1. The molecule has 4 rings (SSSR count). The first-order valence-electron chi connectivity index (χ1n) is 10.8. The van der Waals surface area contributed by atoms with E-state index in [2.05, 4.69) is 15.6 Å². The molecule has 36 heavy (non-hydrogen) atoms. The SMILES string of the molecule is COc1ccc(/C=N/NC(=O)c2ccn(Cc3ccc(Cl)cc3)n2)cc1OCc1ccc(Cl)c(Cl)c1. The minimum absolute atomic E-state index is 0.251. The molecule has 184 valence electrons. The van der Waals surface area contributed by atoms with Crippen LogP contribution in [-0.2, 0) is 13.2 Å². The molecular formula is C26H21Cl3N4O3. The monoisotopic (exact) mass is 542 g/mol. The van der Waals surface area contributed by atoms with Gasteiger partial charge in [-0.2, -0.15) is 10.2 Å². The van der Waals surface area contributed by atoms with Crippen LogP contribution in [0.4, 0.5) is 0 Å². The third kappa shape index (κ3) is 6.79. The van der Waals surface area contributed by atoms with Crippen LogP contribution >= 0.6 is 34.8 Å². The van der Waals surface area contributed by atoms with Gasteiger partial charge in [0.05, 0.1) is 29.9 Å². The molecule has 1 N–H and O–H groups in total. The summed E-state index contributed by atoms with van der Waals surface area (Å²) in [5, 5.41) is 9.94. The van der Waals surface area contributed by atoms with Crippen molar-refractivity contribution in [2.45, 2.75) is 13.2 Å². The molecule has 10 heteroatoms. The van der Waals surface area contributed by atoms with Crippen LogP contribution in [0.5, 0.6) is 11.5 Å². The number of rotatable bonds is 9. The van der Waals surface area contributed by atoms with Crippen molar-refractivity contribution in [3.63, 3.8) is 0 Å². The van der Waals surface area contributed by atoms with Gasteiger partial charge >= 0.3 is 0 Å². The molecule has 0 saturated heterocycles. The number of ether oxygens (including phenoxy) is 2. The molecule has 0 aliphatic rings. The zero-order valence-electron chi connectivity index (χ0n) is 19.1. The highest BCUT2D eigenvalue weighted by Crippen LogP contribution is 2.29. The first-order valence-corrected chi connectivity index (χ1v) is 11.9. The minimum Gasteiger partial charge on any atom is -0.493 e. The van der Waals surface area contributed by atoms with Crippen molar-refractivity contribution < 1.29 is 14.3 Å². The van der Waals surface area contributed by atoms with E-state index in [1.165, 1.54) is 6.21 Å². The standard InChI is InChI=1S/C26H21Cl3N4O3/c1-35-24-9-5-18(13-25(24)36-16-19-4-8-21(28)22(29)12-19)14-30-31-26(34)23-10-11-33(32-23)15-17-2-6-20(27)7-3-17/h2-14H,15-16H2,1H3,(H,31,34)/b30-14+. The normalized spacial score (nSPS) is 11.0. The molecule has 0 unspecified atom stereocenters. The third-order valence-electron chi connectivity index (χ3n) is 5.08. The van der Waals surface area contributed by atoms with E-state index in [-0.39, 0.29) is 12.3 Å². The molecule has 0 spiro atoms. The molecule has 0 radical (unpaired) electrons. The Kier molecular flexibility index (Phi) is 8.48. The van der Waals surface area contributed by atoms with Gasteiger partial charge in [-0.05, 0) is 65.2 Å². The quantitative estimate of drug-likeness (QED) is 0.200. The highest BCUT2D eigenvalue weighted by Gasteiger charge is 2.10. The van der Waals surface area contributed by atoms with Crippen molar-refractivity contribution >= 4 is 46.9 Å². The first kappa shape index (κ1) is 25.6. The summed E-state index contributed by atoms with van der Waals surface area (Å²) in [5.74, 6) is 0.646. The largest absolute Gasteiger partial charge is 0.493 e. The summed E-state index contributed by atoms with van der Waals surface area (Å²) in [5.41, 5.74) is 5.31. The number of amides is 1. The van der Waals surface area contributed by atoms with Gasteiger partial charge in [0, 0.05) is 11.2 Å². The third-order valence-corrected chi connectivity index (χ3v) is 6.07. The maximum absolute atomic E-state index is 12.4. The average Bonchev–Trinajstić information content (AvgIpc) is 3.35. The van der Waals surface area contributed by atoms with Gasteiger partial charge in [0.2, 0.25) is 0 Å². The van der Waals surface area contributed by atoms with Gasteiger partial charge in [-0.25, -0.2) is 5.43 Å². The molecule has 0 saturated carbocycles. The van der Waals surface area contributed by atoms with Gasteiger partial charge < -0.3 is 9.47 Å². The van der Waals surface area contributed by atoms with Crippen molar-refractivity contribution in [2.24, 2.45) is 5.10 Å². The molecule has 0 atom stereocenters. The van der Waals surface area contributed by atoms with Gasteiger partial charge in [0.1, 0.15) is 6.61 Å². The fourth-order valence-electron chi connectivity index (χ4n) is 3.25. The number of aromatic nitrogens is 2. The van der Waals surface area contributed by atoms with E-state index in [0.717, 1.165) is 11.1 Å². The average molecular weight is 544 g/mol. The molecule has 0 aliphatic carbocycles. The molecule has 0 bridgehead atoms. The summed E-state index contributed by atoms with van der Waals surface area (Å²) in [6, 6.07) is 19.7. The number of methoxy groups -OCH3 is 1. The lowest BCUT2D eigenvalue weighted by Gasteiger charge is -2.12. The Morgan fingerprint density at radius 1 is 0.972 bits per heavy atom. The molecule has 1 heterocycles. The van der Waals surface area contributed by atoms with Crippen molar-refractivity contribution in [1.82, 2.24) is 15.2 Å². The Hall–Kier alpha value is -3.52. The number of hydrogen-bond donors (Lipinski definition) is 1. The van der Waals surface area contributed by atoms with Crippen LogP contribution in [0.25, 0.3) is 0 Å².